The van der Waals surface area contributed by atoms with Crippen molar-refractivity contribution in [2.75, 3.05) is 6.54 Å². The maximum atomic E-state index is 14.6. The zero-order chi connectivity index (χ0) is 26.1. The third kappa shape index (κ3) is 7.16. The molecular weight excluding hydrogens is 480 g/mol. The molecule has 9 heteroatoms. The summed E-state index contributed by atoms with van der Waals surface area (Å²) in [5.74, 6) is 3.37. The van der Waals surface area contributed by atoms with Crippen LogP contribution in [-0.2, 0) is 14.4 Å². The predicted molar refractivity (Wildman–Crippen MR) is 144 cm³/mol. The summed E-state index contributed by atoms with van der Waals surface area (Å²) < 4.78 is 0. The van der Waals surface area contributed by atoms with Crippen molar-refractivity contribution < 1.29 is 19.6 Å². The molecule has 1 aliphatic heterocycles. The standard InChI is InChI=1S/C27H42N4O4.ClH/c1-5-15-26(17-19(2)3,25(34)30-28)24(33)27(18-20(4)14-16-29-27)22(23(32)31-35)13-9-12-21-10-7-6-8-11-21;/h6-12,19-20,22,29,35H,5,13-18,28H2,1-4H3,(H,30,34)(H,31,32);1H/b12-9+;/t20?,22-,26?,27-;/m1./s1. The number of halogens is 1. The van der Waals surface area contributed by atoms with Gasteiger partial charge in [0.15, 0.2) is 5.78 Å². The van der Waals surface area contributed by atoms with Crippen LogP contribution in [0.4, 0.5) is 0 Å². The van der Waals surface area contributed by atoms with E-state index in [0.717, 1.165) is 12.0 Å². The minimum atomic E-state index is -1.39. The Hall–Kier alpha value is -2.26. The van der Waals surface area contributed by atoms with Gasteiger partial charge in [0.1, 0.15) is 5.41 Å². The minimum absolute atomic E-state index is 0. The van der Waals surface area contributed by atoms with Crippen LogP contribution in [0.25, 0.3) is 6.08 Å². The lowest BCUT2D eigenvalue weighted by Gasteiger charge is -2.48. The van der Waals surface area contributed by atoms with Gasteiger partial charge in [0, 0.05) is 0 Å². The first-order valence-electron chi connectivity index (χ1n) is 12.6. The molecular formula is C27H43ClN4O4. The van der Waals surface area contributed by atoms with E-state index in [1.54, 1.807) is 5.48 Å². The normalized spacial score (nSPS) is 22.4. The van der Waals surface area contributed by atoms with Crippen LogP contribution in [0.1, 0.15) is 71.8 Å². The Morgan fingerprint density at radius 3 is 2.47 bits per heavy atom. The van der Waals surface area contributed by atoms with Gasteiger partial charge in [-0.15, -0.1) is 12.4 Å². The van der Waals surface area contributed by atoms with Crippen molar-refractivity contribution >= 4 is 36.1 Å². The van der Waals surface area contributed by atoms with Crippen LogP contribution in [0.15, 0.2) is 36.4 Å². The van der Waals surface area contributed by atoms with Crippen molar-refractivity contribution in [1.82, 2.24) is 16.2 Å². The molecule has 0 radical (unpaired) electrons. The number of amides is 2. The molecule has 0 saturated carbocycles. The fraction of sp³-hybridized carbons (Fsp3) is 0.593. The maximum absolute atomic E-state index is 14.6. The molecule has 36 heavy (non-hydrogen) atoms. The molecule has 0 aliphatic carbocycles. The topological polar surface area (TPSA) is 134 Å². The average Bonchev–Trinajstić information content (AvgIpc) is 2.85. The lowest BCUT2D eigenvalue weighted by Crippen LogP contribution is -2.69. The molecule has 2 amide bonds. The second kappa shape index (κ2) is 14.5. The molecule has 202 valence electrons. The smallest absolute Gasteiger partial charge is 0.249 e. The van der Waals surface area contributed by atoms with Gasteiger partial charge in [0.25, 0.3) is 0 Å². The Labute approximate surface area is 221 Å². The van der Waals surface area contributed by atoms with E-state index in [4.69, 9.17) is 5.84 Å². The Balaban J connectivity index is 0.00000648. The third-order valence-corrected chi connectivity index (χ3v) is 7.09. The van der Waals surface area contributed by atoms with Gasteiger partial charge in [-0.25, -0.2) is 11.3 Å². The summed E-state index contributed by atoms with van der Waals surface area (Å²) in [6, 6.07) is 9.65. The number of piperidine rings is 1. The molecule has 0 aromatic heterocycles. The number of rotatable bonds is 12. The minimum Gasteiger partial charge on any atom is -0.304 e. The summed E-state index contributed by atoms with van der Waals surface area (Å²) in [6.45, 7) is 8.43. The number of ketones is 1. The molecule has 1 aliphatic rings. The predicted octanol–water partition coefficient (Wildman–Crippen LogP) is 3.78. The number of nitrogens with one attached hydrogen (secondary N) is 3. The lowest BCUT2D eigenvalue weighted by atomic mass is 9.59. The van der Waals surface area contributed by atoms with Crippen molar-refractivity contribution in [3.8, 4) is 0 Å². The van der Waals surface area contributed by atoms with Crippen molar-refractivity contribution in [2.45, 2.75) is 71.8 Å². The summed E-state index contributed by atoms with van der Waals surface area (Å²) in [5.41, 5.74) is 2.26. The maximum Gasteiger partial charge on any atom is 0.249 e. The van der Waals surface area contributed by atoms with E-state index in [9.17, 15) is 19.6 Å². The van der Waals surface area contributed by atoms with E-state index >= 15 is 0 Å². The quantitative estimate of drug-likeness (QED) is 0.0932. The van der Waals surface area contributed by atoms with Crippen LogP contribution in [0.2, 0.25) is 0 Å². The number of carbonyl (C=O) groups is 3. The highest BCUT2D eigenvalue weighted by Crippen LogP contribution is 2.44. The fourth-order valence-electron chi connectivity index (χ4n) is 5.68. The summed E-state index contributed by atoms with van der Waals surface area (Å²) in [4.78, 5) is 41.0. The van der Waals surface area contributed by atoms with E-state index < -0.39 is 28.7 Å². The monoisotopic (exact) mass is 522 g/mol. The molecule has 0 spiro atoms. The second-order valence-corrected chi connectivity index (χ2v) is 10.3. The first-order chi connectivity index (χ1) is 16.7. The highest BCUT2D eigenvalue weighted by molar-refractivity contribution is 6.11. The van der Waals surface area contributed by atoms with Gasteiger partial charge in [0.2, 0.25) is 11.8 Å². The lowest BCUT2D eigenvalue weighted by molar-refractivity contribution is -0.156. The van der Waals surface area contributed by atoms with Crippen molar-refractivity contribution in [1.29, 1.82) is 0 Å². The number of carbonyl (C=O) groups excluding carboxylic acids is 3. The van der Waals surface area contributed by atoms with Crippen molar-refractivity contribution in [3.05, 3.63) is 42.0 Å². The molecule has 2 rings (SSSR count). The number of hydroxylamine groups is 1. The summed E-state index contributed by atoms with van der Waals surface area (Å²) in [7, 11) is 0. The highest BCUT2D eigenvalue weighted by Gasteiger charge is 2.59. The van der Waals surface area contributed by atoms with Crippen LogP contribution in [0.5, 0.6) is 0 Å². The zero-order valence-electron chi connectivity index (χ0n) is 21.9. The molecule has 8 nitrogen and oxygen atoms in total. The molecule has 6 N–H and O–H groups in total. The Bertz CT molecular complexity index is 895. The third-order valence-electron chi connectivity index (χ3n) is 7.09. The van der Waals surface area contributed by atoms with Crippen LogP contribution in [0.3, 0.4) is 0 Å². The van der Waals surface area contributed by atoms with Crippen LogP contribution in [0, 0.1) is 23.2 Å². The van der Waals surface area contributed by atoms with Gasteiger partial charge in [0.05, 0.1) is 11.5 Å². The second-order valence-electron chi connectivity index (χ2n) is 10.3. The first kappa shape index (κ1) is 31.8. The fourth-order valence-corrected chi connectivity index (χ4v) is 5.68. The van der Waals surface area contributed by atoms with E-state index in [1.807, 2.05) is 70.2 Å². The van der Waals surface area contributed by atoms with Crippen LogP contribution >= 0.6 is 12.4 Å². The molecule has 1 saturated heterocycles. The summed E-state index contributed by atoms with van der Waals surface area (Å²) >= 11 is 0. The molecule has 1 heterocycles. The van der Waals surface area contributed by atoms with E-state index in [-0.39, 0.29) is 36.4 Å². The van der Waals surface area contributed by atoms with Gasteiger partial charge >= 0.3 is 0 Å². The van der Waals surface area contributed by atoms with E-state index in [1.165, 1.54) is 0 Å². The zero-order valence-corrected chi connectivity index (χ0v) is 22.7. The SMILES string of the molecule is CCCC(CC(C)C)(C(=O)NN)C(=O)[C@]1([C@H](C/C=C/c2ccccc2)C(=O)NO)CC(C)CCN1.Cl. The van der Waals surface area contributed by atoms with Crippen LogP contribution in [-0.4, -0.2) is 34.9 Å². The number of hydrogen-bond acceptors (Lipinski definition) is 6. The van der Waals surface area contributed by atoms with Crippen molar-refractivity contribution in [2.24, 2.45) is 29.0 Å². The number of benzene rings is 1. The average molecular weight is 523 g/mol. The van der Waals surface area contributed by atoms with Crippen molar-refractivity contribution in [3.63, 3.8) is 0 Å². The number of hydrogen-bond donors (Lipinski definition) is 5. The molecule has 2 unspecified atom stereocenters. The Kier molecular flexibility index (Phi) is 12.8. The molecule has 1 fully saturated rings. The number of Topliss-reactive ketones (excluding diaryl/α,β-unsaturated/α-hetero) is 1. The summed E-state index contributed by atoms with van der Waals surface area (Å²) in [5, 5.41) is 13.0. The van der Waals surface area contributed by atoms with Crippen LogP contribution < -0.4 is 22.1 Å². The van der Waals surface area contributed by atoms with Gasteiger partial charge in [-0.1, -0.05) is 76.6 Å². The Morgan fingerprint density at radius 1 is 1.28 bits per heavy atom. The highest BCUT2D eigenvalue weighted by atomic mass is 35.5. The van der Waals surface area contributed by atoms with Gasteiger partial charge in [-0.2, -0.15) is 0 Å². The summed E-state index contributed by atoms with van der Waals surface area (Å²) in [6.07, 6.45) is 6.40. The van der Waals surface area contributed by atoms with E-state index in [0.29, 0.717) is 32.2 Å². The van der Waals surface area contributed by atoms with E-state index in [2.05, 4.69) is 10.7 Å². The molecule has 1 aromatic rings. The number of allylic oxidation sites excluding steroid dienone is 1. The van der Waals surface area contributed by atoms with Gasteiger partial charge < -0.3 is 5.32 Å². The number of nitrogens with two attached hydrogens (primary N) is 1. The molecule has 1 aromatic carbocycles. The Morgan fingerprint density at radius 2 is 1.94 bits per heavy atom. The first-order valence-corrected chi connectivity index (χ1v) is 12.6. The number of hydrazine groups is 1. The van der Waals surface area contributed by atoms with Gasteiger partial charge in [-0.05, 0) is 56.0 Å². The molecule has 0 bridgehead atoms. The van der Waals surface area contributed by atoms with Gasteiger partial charge in [-0.3, -0.25) is 25.0 Å². The largest absolute Gasteiger partial charge is 0.304 e. The molecule has 4 atom stereocenters.